The zero-order valence-electron chi connectivity index (χ0n) is 18.9. The number of benzene rings is 4. The van der Waals surface area contributed by atoms with Gasteiger partial charge in [-0.15, -0.1) is 0 Å². The van der Waals surface area contributed by atoms with Gasteiger partial charge >= 0.3 is 6.18 Å². The summed E-state index contributed by atoms with van der Waals surface area (Å²) in [6.45, 7) is 2.12. The highest BCUT2D eigenvalue weighted by Gasteiger charge is 2.30. The minimum Gasteiger partial charge on any atom is -0.203 e. The molecule has 0 saturated carbocycles. The molecule has 0 radical (unpaired) electrons. The number of hydrogen-bond donors (Lipinski definition) is 0. The van der Waals surface area contributed by atoms with Gasteiger partial charge in [-0.3, -0.25) is 0 Å². The van der Waals surface area contributed by atoms with Crippen LogP contribution in [0, 0.1) is 11.8 Å². The van der Waals surface area contributed by atoms with Crippen LogP contribution < -0.4 is 0 Å². The lowest BCUT2D eigenvalue weighted by molar-refractivity contribution is -0.137. The first-order valence-electron chi connectivity index (χ1n) is 11.1. The molecule has 0 aromatic heterocycles. The fourth-order valence-corrected chi connectivity index (χ4v) is 3.83. The lowest BCUT2D eigenvalue weighted by Gasteiger charge is -2.09. The zero-order chi connectivity index (χ0) is 25.0. The van der Waals surface area contributed by atoms with Gasteiger partial charge in [-0.2, -0.15) is 13.2 Å². The van der Waals surface area contributed by atoms with Crippen molar-refractivity contribution in [2.45, 2.75) is 25.9 Å². The molecule has 0 heterocycles. The molecule has 0 bridgehead atoms. The van der Waals surface area contributed by atoms with E-state index in [4.69, 9.17) is 0 Å². The molecule has 4 rings (SSSR count). The van der Waals surface area contributed by atoms with Crippen LogP contribution in [-0.2, 0) is 12.6 Å². The maximum atomic E-state index is 15.2. The van der Waals surface area contributed by atoms with Crippen molar-refractivity contribution < 1.29 is 22.0 Å². The van der Waals surface area contributed by atoms with E-state index in [9.17, 15) is 17.6 Å². The molecule has 0 aliphatic heterocycles. The van der Waals surface area contributed by atoms with Crippen molar-refractivity contribution in [2.75, 3.05) is 0 Å². The second-order valence-electron chi connectivity index (χ2n) is 8.11. The number of fused-ring (bicyclic) bond motifs is 1. The second-order valence-corrected chi connectivity index (χ2v) is 8.11. The van der Waals surface area contributed by atoms with Gasteiger partial charge in [0.2, 0.25) is 0 Å². The summed E-state index contributed by atoms with van der Waals surface area (Å²) in [4.78, 5) is 0. The monoisotopic (exact) mass is 476 g/mol. The summed E-state index contributed by atoms with van der Waals surface area (Å²) in [7, 11) is 0. The first-order valence-corrected chi connectivity index (χ1v) is 11.1. The molecular formula is C30H21F5. The summed E-state index contributed by atoms with van der Waals surface area (Å²) in [5.41, 5.74) is 1.55. The standard InChI is InChI=1S/C30H21F5/c1-2-5-20-8-10-21(11-9-20)12-13-22-16-19-27(26-7-4-3-6-25(22)26)29(32)28(31)23-14-17-24(18-15-23)30(33,34)35/h3-4,6-11,14-19H,2,5H2,1H3. The van der Waals surface area contributed by atoms with Gasteiger partial charge in [0.05, 0.1) is 5.56 Å². The Morgan fingerprint density at radius 2 is 1.37 bits per heavy atom. The molecule has 0 aliphatic rings. The Morgan fingerprint density at radius 3 is 2.00 bits per heavy atom. The van der Waals surface area contributed by atoms with E-state index in [2.05, 4.69) is 18.8 Å². The van der Waals surface area contributed by atoms with Crippen molar-refractivity contribution in [3.8, 4) is 11.8 Å². The molecule has 4 aromatic rings. The van der Waals surface area contributed by atoms with Crippen LogP contribution in [0.5, 0.6) is 0 Å². The van der Waals surface area contributed by atoms with Gasteiger partial charge in [-0.05, 0) is 53.1 Å². The van der Waals surface area contributed by atoms with E-state index in [1.165, 1.54) is 11.6 Å². The Morgan fingerprint density at radius 1 is 0.714 bits per heavy atom. The molecule has 0 unspecified atom stereocenters. The SMILES string of the molecule is CCCc1ccc(C#Cc2ccc(C(F)=C(F)c3ccc(C(F)(F)F)cc3)c3ccccc23)cc1. The lowest BCUT2D eigenvalue weighted by atomic mass is 9.97. The number of halogens is 5. The van der Waals surface area contributed by atoms with Gasteiger partial charge in [0.25, 0.3) is 0 Å². The lowest BCUT2D eigenvalue weighted by Crippen LogP contribution is -2.04. The molecule has 4 aromatic carbocycles. The van der Waals surface area contributed by atoms with E-state index in [0.717, 1.165) is 42.7 Å². The van der Waals surface area contributed by atoms with Crippen LogP contribution in [0.3, 0.4) is 0 Å². The largest absolute Gasteiger partial charge is 0.416 e. The third-order valence-corrected chi connectivity index (χ3v) is 5.65. The summed E-state index contributed by atoms with van der Waals surface area (Å²) < 4.78 is 68.5. The summed E-state index contributed by atoms with van der Waals surface area (Å²) in [5, 5.41) is 1.10. The summed E-state index contributed by atoms with van der Waals surface area (Å²) in [6.07, 6.45) is -2.49. The predicted octanol–water partition coefficient (Wildman–Crippen LogP) is 8.98. The van der Waals surface area contributed by atoms with E-state index in [-0.39, 0.29) is 11.1 Å². The van der Waals surface area contributed by atoms with Crippen molar-refractivity contribution in [1.29, 1.82) is 0 Å². The van der Waals surface area contributed by atoms with Crippen molar-refractivity contribution in [2.24, 2.45) is 0 Å². The molecule has 5 heteroatoms. The molecule has 0 spiro atoms. The van der Waals surface area contributed by atoms with Crippen molar-refractivity contribution in [3.63, 3.8) is 0 Å². The molecule has 0 aliphatic carbocycles. The highest BCUT2D eigenvalue weighted by atomic mass is 19.4. The number of rotatable bonds is 4. The maximum absolute atomic E-state index is 15.2. The molecule has 0 fully saturated rings. The van der Waals surface area contributed by atoms with E-state index < -0.39 is 23.4 Å². The van der Waals surface area contributed by atoms with Gasteiger partial charge in [0.15, 0.2) is 11.7 Å². The minimum atomic E-state index is -4.55. The van der Waals surface area contributed by atoms with Crippen molar-refractivity contribution in [3.05, 3.63) is 118 Å². The Balaban J connectivity index is 1.71. The number of aryl methyl sites for hydroxylation is 1. The molecule has 0 saturated heterocycles. The summed E-state index contributed by atoms with van der Waals surface area (Å²) >= 11 is 0. The molecule has 0 N–H and O–H groups in total. The van der Waals surface area contributed by atoms with Gasteiger partial charge in [0.1, 0.15) is 0 Å². The first kappa shape index (κ1) is 24.2. The highest BCUT2D eigenvalue weighted by Crippen LogP contribution is 2.35. The normalized spacial score (nSPS) is 12.2. The Hall–Kier alpha value is -3.91. The van der Waals surface area contributed by atoms with E-state index >= 15 is 4.39 Å². The molecule has 0 amide bonds. The molecule has 176 valence electrons. The fraction of sp³-hybridized carbons (Fsp3) is 0.133. The average molecular weight is 476 g/mol. The highest BCUT2D eigenvalue weighted by molar-refractivity contribution is 6.00. The quantitative estimate of drug-likeness (QED) is 0.157. The Kier molecular flexibility index (Phi) is 7.02. The first-order chi connectivity index (χ1) is 16.8. The van der Waals surface area contributed by atoms with Crippen molar-refractivity contribution in [1.82, 2.24) is 0 Å². The zero-order valence-corrected chi connectivity index (χ0v) is 18.9. The molecule has 0 atom stereocenters. The van der Waals surface area contributed by atoms with E-state index in [0.29, 0.717) is 16.3 Å². The van der Waals surface area contributed by atoms with Crippen LogP contribution in [0.25, 0.3) is 22.4 Å². The summed E-state index contributed by atoms with van der Waals surface area (Å²) in [5.74, 6) is 3.86. The van der Waals surface area contributed by atoms with E-state index in [1.54, 1.807) is 30.3 Å². The topological polar surface area (TPSA) is 0 Å². The predicted molar refractivity (Wildman–Crippen MR) is 131 cm³/mol. The molecule has 0 nitrogen and oxygen atoms in total. The Labute approximate surface area is 200 Å². The van der Waals surface area contributed by atoms with Crippen LogP contribution in [0.15, 0.2) is 84.9 Å². The minimum absolute atomic E-state index is 0.00691. The van der Waals surface area contributed by atoms with Gasteiger partial charge < -0.3 is 0 Å². The van der Waals surface area contributed by atoms with Crippen LogP contribution in [-0.4, -0.2) is 0 Å². The second kappa shape index (κ2) is 10.1. The van der Waals surface area contributed by atoms with Crippen LogP contribution in [0.4, 0.5) is 22.0 Å². The van der Waals surface area contributed by atoms with E-state index in [1.807, 2.05) is 24.3 Å². The van der Waals surface area contributed by atoms with Gasteiger partial charge in [0, 0.05) is 22.3 Å². The smallest absolute Gasteiger partial charge is 0.203 e. The third-order valence-electron chi connectivity index (χ3n) is 5.65. The third kappa shape index (κ3) is 5.44. The van der Waals surface area contributed by atoms with Crippen LogP contribution >= 0.6 is 0 Å². The van der Waals surface area contributed by atoms with Gasteiger partial charge in [-0.1, -0.05) is 79.8 Å². The van der Waals surface area contributed by atoms with Gasteiger partial charge in [-0.25, -0.2) is 8.78 Å². The van der Waals surface area contributed by atoms with Crippen LogP contribution in [0.2, 0.25) is 0 Å². The molecular weight excluding hydrogens is 455 g/mol. The number of hydrogen-bond acceptors (Lipinski definition) is 0. The maximum Gasteiger partial charge on any atom is 0.416 e. The van der Waals surface area contributed by atoms with Crippen molar-refractivity contribution >= 4 is 22.4 Å². The van der Waals surface area contributed by atoms with Crippen LogP contribution in [0.1, 0.15) is 46.7 Å². The summed E-state index contributed by atoms with van der Waals surface area (Å²) in [6, 6.07) is 21.3. The molecule has 35 heavy (non-hydrogen) atoms. The fourth-order valence-electron chi connectivity index (χ4n) is 3.83. The Bertz CT molecular complexity index is 1430. The average Bonchev–Trinajstić information content (AvgIpc) is 2.87. The number of alkyl halides is 3.